The molecule has 0 radical (unpaired) electrons. The van der Waals surface area contributed by atoms with Crippen LogP contribution in [-0.2, 0) is 9.47 Å². The summed E-state index contributed by atoms with van der Waals surface area (Å²) in [5, 5.41) is 10.3. The van der Waals surface area contributed by atoms with Gasteiger partial charge in [-0.15, -0.1) is 0 Å². The molecule has 0 saturated heterocycles. The van der Waals surface area contributed by atoms with E-state index >= 15 is 0 Å². The predicted molar refractivity (Wildman–Crippen MR) is 146 cm³/mol. The minimum atomic E-state index is -0.908. The van der Waals surface area contributed by atoms with Crippen molar-refractivity contribution in [1.82, 2.24) is 24.5 Å². The first-order valence-electron chi connectivity index (χ1n) is 13.3. The molecule has 2 N–H and O–H groups in total. The van der Waals surface area contributed by atoms with Crippen molar-refractivity contribution < 1.29 is 23.5 Å². The van der Waals surface area contributed by atoms with Gasteiger partial charge in [0.05, 0.1) is 18.3 Å². The number of nitrogens with one attached hydrogen (secondary N) is 2. The standard InChI is InChI=1S/C27H34FN7O5/c1-27(2,3)40-26(38)33(4)22-13-21(30-19-7-6-10-34(25(19)37)16-11-15(28)12-16)32-23-17(14-29-35(22)23)24(36)31-18-8-9-20(18)39-5/h6-7,10,13-16,18,20H,8-9,11-12H2,1-5H3,(H,30,32)(H,31,36)/t15?,16?,18?,20-/m0/s1. The van der Waals surface area contributed by atoms with Crippen LogP contribution in [0.2, 0.25) is 0 Å². The van der Waals surface area contributed by atoms with Gasteiger partial charge in [0.2, 0.25) is 0 Å². The molecule has 3 heterocycles. The molecule has 3 aromatic heterocycles. The van der Waals surface area contributed by atoms with Gasteiger partial charge in [-0.05, 0) is 58.6 Å². The van der Waals surface area contributed by atoms with Crippen LogP contribution in [0.5, 0.6) is 0 Å². The maximum atomic E-state index is 13.5. The zero-order valence-corrected chi connectivity index (χ0v) is 23.2. The Morgan fingerprint density at radius 2 is 1.98 bits per heavy atom. The first-order chi connectivity index (χ1) is 18.9. The van der Waals surface area contributed by atoms with Crippen LogP contribution in [0.1, 0.15) is 62.9 Å². The van der Waals surface area contributed by atoms with E-state index in [1.165, 1.54) is 33.3 Å². The molecule has 2 atom stereocenters. The lowest BCUT2D eigenvalue weighted by Gasteiger charge is -2.35. The number of ether oxygens (including phenoxy) is 2. The predicted octanol–water partition coefficient (Wildman–Crippen LogP) is 3.59. The quantitative estimate of drug-likeness (QED) is 0.452. The highest BCUT2D eigenvalue weighted by atomic mass is 19.1. The van der Waals surface area contributed by atoms with Crippen LogP contribution >= 0.6 is 0 Å². The van der Waals surface area contributed by atoms with E-state index in [4.69, 9.17) is 9.47 Å². The minimum absolute atomic E-state index is 0.0616. The molecule has 5 rings (SSSR count). The largest absolute Gasteiger partial charge is 0.443 e. The van der Waals surface area contributed by atoms with E-state index < -0.39 is 17.9 Å². The third kappa shape index (κ3) is 5.37. The number of nitrogens with zero attached hydrogens (tertiary/aromatic N) is 5. The number of hydrogen-bond acceptors (Lipinski definition) is 8. The first kappa shape index (κ1) is 27.6. The van der Waals surface area contributed by atoms with Crippen LogP contribution in [0.15, 0.2) is 35.4 Å². The number of carbonyl (C=O) groups excluding carboxylic acids is 2. The molecule has 0 spiro atoms. The lowest BCUT2D eigenvalue weighted by atomic mass is 9.89. The number of aromatic nitrogens is 4. The third-order valence-corrected chi connectivity index (χ3v) is 7.23. The molecule has 2 amide bonds. The van der Waals surface area contributed by atoms with Crippen LogP contribution in [-0.4, -0.2) is 69.2 Å². The number of fused-ring (bicyclic) bond motifs is 1. The van der Waals surface area contributed by atoms with E-state index in [1.807, 2.05) is 0 Å². The maximum Gasteiger partial charge on any atom is 0.415 e. The van der Waals surface area contributed by atoms with E-state index in [1.54, 1.807) is 46.2 Å². The van der Waals surface area contributed by atoms with Crippen molar-refractivity contribution in [3.63, 3.8) is 0 Å². The van der Waals surface area contributed by atoms with Gasteiger partial charge in [0.25, 0.3) is 11.5 Å². The van der Waals surface area contributed by atoms with E-state index in [9.17, 15) is 18.8 Å². The Bertz CT molecular complexity index is 1490. The summed E-state index contributed by atoms with van der Waals surface area (Å²) in [5.74, 6) is 0.0810. The topological polar surface area (TPSA) is 132 Å². The molecule has 1 unspecified atom stereocenters. The highest BCUT2D eigenvalue weighted by Crippen LogP contribution is 2.34. The zero-order chi connectivity index (χ0) is 28.8. The highest BCUT2D eigenvalue weighted by molar-refractivity contribution is 6.00. The average Bonchev–Trinajstić information content (AvgIpc) is 3.28. The van der Waals surface area contributed by atoms with Crippen molar-refractivity contribution in [2.45, 2.75) is 76.4 Å². The van der Waals surface area contributed by atoms with Crippen molar-refractivity contribution in [3.8, 4) is 0 Å². The van der Waals surface area contributed by atoms with Crippen LogP contribution in [0, 0.1) is 0 Å². The Kier molecular flexibility index (Phi) is 7.25. The van der Waals surface area contributed by atoms with Crippen molar-refractivity contribution in [2.75, 3.05) is 24.4 Å². The summed E-state index contributed by atoms with van der Waals surface area (Å²) in [4.78, 5) is 45.2. The van der Waals surface area contributed by atoms with Gasteiger partial charge in [-0.3, -0.25) is 14.5 Å². The Morgan fingerprint density at radius 1 is 1.23 bits per heavy atom. The molecule has 2 fully saturated rings. The molecule has 2 aliphatic rings. The number of carbonyl (C=O) groups is 2. The molecule has 214 valence electrons. The summed E-state index contributed by atoms with van der Waals surface area (Å²) in [6, 6.07) is 4.50. The number of rotatable bonds is 7. The van der Waals surface area contributed by atoms with E-state index in [0.29, 0.717) is 0 Å². The summed E-state index contributed by atoms with van der Waals surface area (Å²) < 4.78 is 27.3. The summed E-state index contributed by atoms with van der Waals surface area (Å²) in [7, 11) is 3.13. The second-order valence-corrected chi connectivity index (χ2v) is 11.2. The number of halogens is 1. The van der Waals surface area contributed by atoms with Crippen LogP contribution < -0.4 is 21.1 Å². The highest BCUT2D eigenvalue weighted by Gasteiger charge is 2.34. The summed E-state index contributed by atoms with van der Waals surface area (Å²) in [5.41, 5.74) is -0.487. The first-order valence-corrected chi connectivity index (χ1v) is 13.3. The fourth-order valence-corrected chi connectivity index (χ4v) is 4.78. The Hall–Kier alpha value is -4.00. The van der Waals surface area contributed by atoms with Gasteiger partial charge in [0.1, 0.15) is 34.7 Å². The normalized spacial score (nSPS) is 22.2. The number of hydrogen-bond donors (Lipinski definition) is 2. The molecule has 0 aliphatic heterocycles. The lowest BCUT2D eigenvalue weighted by molar-refractivity contribution is 0.00732. The Morgan fingerprint density at radius 3 is 2.60 bits per heavy atom. The van der Waals surface area contributed by atoms with Gasteiger partial charge in [-0.1, -0.05) is 0 Å². The Labute approximate surface area is 230 Å². The molecule has 12 nitrogen and oxygen atoms in total. The number of alkyl halides is 1. The second kappa shape index (κ2) is 10.5. The summed E-state index contributed by atoms with van der Waals surface area (Å²) >= 11 is 0. The average molecular weight is 556 g/mol. The van der Waals surface area contributed by atoms with E-state index in [2.05, 4.69) is 20.7 Å². The number of anilines is 3. The number of pyridine rings is 1. The van der Waals surface area contributed by atoms with Crippen molar-refractivity contribution in [3.05, 3.63) is 46.5 Å². The summed E-state index contributed by atoms with van der Waals surface area (Å²) in [6.07, 6.45) is 3.63. The maximum absolute atomic E-state index is 13.5. The molecule has 2 aliphatic carbocycles. The van der Waals surface area contributed by atoms with Gasteiger partial charge >= 0.3 is 6.09 Å². The van der Waals surface area contributed by atoms with Crippen LogP contribution in [0.3, 0.4) is 0 Å². The minimum Gasteiger partial charge on any atom is -0.443 e. The molecule has 0 aromatic carbocycles. The van der Waals surface area contributed by atoms with Crippen LogP contribution in [0.4, 0.5) is 26.5 Å². The molecule has 40 heavy (non-hydrogen) atoms. The lowest BCUT2D eigenvalue weighted by Crippen LogP contribution is -2.51. The van der Waals surface area contributed by atoms with E-state index in [-0.39, 0.29) is 71.0 Å². The van der Waals surface area contributed by atoms with Gasteiger partial charge in [0.15, 0.2) is 5.65 Å². The molecular formula is C27H34FN7O5. The third-order valence-electron chi connectivity index (χ3n) is 7.23. The van der Waals surface area contributed by atoms with Gasteiger partial charge in [-0.25, -0.2) is 14.2 Å². The number of methoxy groups -OCH3 is 1. The van der Waals surface area contributed by atoms with Crippen molar-refractivity contribution in [1.29, 1.82) is 0 Å². The number of amides is 2. The van der Waals surface area contributed by atoms with E-state index in [0.717, 1.165) is 12.8 Å². The van der Waals surface area contributed by atoms with Gasteiger partial charge in [0, 0.05) is 32.5 Å². The van der Waals surface area contributed by atoms with Crippen molar-refractivity contribution >= 4 is 35.0 Å². The Balaban J connectivity index is 1.52. The fourth-order valence-electron chi connectivity index (χ4n) is 4.78. The van der Waals surface area contributed by atoms with Gasteiger partial charge < -0.3 is 24.7 Å². The molecule has 3 aromatic rings. The molecule has 0 bridgehead atoms. The van der Waals surface area contributed by atoms with Gasteiger partial charge in [-0.2, -0.15) is 9.61 Å². The second-order valence-electron chi connectivity index (χ2n) is 11.2. The zero-order valence-electron chi connectivity index (χ0n) is 23.2. The monoisotopic (exact) mass is 555 g/mol. The van der Waals surface area contributed by atoms with Crippen LogP contribution in [0.25, 0.3) is 5.65 Å². The SMILES string of the molecule is CO[C@H]1CCC1NC(=O)c1cnn2c(N(C)C(=O)OC(C)(C)C)cc(Nc3cccn(C4CC(F)C4)c3=O)nc12. The molecule has 2 saturated carbocycles. The summed E-state index contributed by atoms with van der Waals surface area (Å²) in [6.45, 7) is 5.27. The van der Waals surface area contributed by atoms with Crippen molar-refractivity contribution in [2.24, 2.45) is 0 Å². The fraction of sp³-hybridized carbons (Fsp3) is 0.519. The molecule has 13 heteroatoms. The molecular weight excluding hydrogens is 521 g/mol. The smallest absolute Gasteiger partial charge is 0.415 e.